The number of fused-ring (bicyclic) bond motifs is 1. The molecule has 0 spiro atoms. The first-order valence-corrected chi connectivity index (χ1v) is 10.3. The molecule has 0 amide bonds. The van der Waals surface area contributed by atoms with Crippen molar-refractivity contribution in [3.63, 3.8) is 0 Å². The molecule has 142 valence electrons. The fourth-order valence-corrected chi connectivity index (χ4v) is 3.46. The molecule has 27 heavy (non-hydrogen) atoms. The summed E-state index contributed by atoms with van der Waals surface area (Å²) in [6.45, 7) is 0. The number of nitrogens with two attached hydrogens (primary N) is 1. The summed E-state index contributed by atoms with van der Waals surface area (Å²) in [6, 6.07) is 12.6. The summed E-state index contributed by atoms with van der Waals surface area (Å²) in [5, 5.41) is 1.03. The smallest absolute Gasteiger partial charge is 0.294 e. The van der Waals surface area contributed by atoms with E-state index in [0.717, 1.165) is 0 Å². The predicted octanol–water partition coefficient (Wildman–Crippen LogP) is 2.35. The minimum atomic E-state index is -4.36. The molecule has 9 nitrogen and oxygen atoms in total. The van der Waals surface area contributed by atoms with Crippen molar-refractivity contribution >= 4 is 48.1 Å². The zero-order valence-corrected chi connectivity index (χ0v) is 15.3. The molecule has 0 bridgehead atoms. The van der Waals surface area contributed by atoms with Gasteiger partial charge in [0.15, 0.2) is 0 Å². The van der Waals surface area contributed by atoms with Crippen LogP contribution >= 0.6 is 0 Å². The number of hydrogen-bond donors (Lipinski definition) is 5. The Kier molecular flexibility index (Phi) is 4.70. The standard InChI is InChI=1S/C16H15N3O6S2/c17-15-7-8-16(13-6-5-12(9-14(13)15)27(23,24)25)19-18-10-1-3-11(4-2-10)26(20,21)22/h1-9,18-19H,17H2,(H,20,21,22)(H,23,24,25). The largest absolute Gasteiger partial charge is 0.398 e. The Morgan fingerprint density at radius 1 is 0.704 bits per heavy atom. The van der Waals surface area contributed by atoms with Crippen molar-refractivity contribution in [1.29, 1.82) is 0 Å². The predicted molar refractivity (Wildman–Crippen MR) is 102 cm³/mol. The first-order chi connectivity index (χ1) is 12.6. The summed E-state index contributed by atoms with van der Waals surface area (Å²) in [7, 11) is -8.62. The minimum Gasteiger partial charge on any atom is -0.398 e. The Labute approximate surface area is 155 Å². The molecule has 0 radical (unpaired) electrons. The van der Waals surface area contributed by atoms with E-state index in [1.807, 2.05) is 0 Å². The molecule has 0 aliphatic carbocycles. The van der Waals surface area contributed by atoms with Crippen molar-refractivity contribution in [2.24, 2.45) is 0 Å². The molecular formula is C16H15N3O6S2. The lowest BCUT2D eigenvalue weighted by Gasteiger charge is -2.14. The number of anilines is 3. The third kappa shape index (κ3) is 4.11. The Morgan fingerprint density at radius 2 is 1.30 bits per heavy atom. The highest BCUT2D eigenvalue weighted by molar-refractivity contribution is 7.86. The second-order valence-corrected chi connectivity index (χ2v) is 8.48. The third-order valence-corrected chi connectivity index (χ3v) is 5.53. The van der Waals surface area contributed by atoms with Crippen LogP contribution in [0.2, 0.25) is 0 Å². The van der Waals surface area contributed by atoms with Gasteiger partial charge in [-0.15, -0.1) is 0 Å². The molecule has 0 atom stereocenters. The number of benzene rings is 3. The van der Waals surface area contributed by atoms with E-state index >= 15 is 0 Å². The van der Waals surface area contributed by atoms with Crippen molar-refractivity contribution in [2.75, 3.05) is 16.6 Å². The van der Waals surface area contributed by atoms with Gasteiger partial charge in [0.1, 0.15) is 0 Å². The van der Waals surface area contributed by atoms with E-state index in [0.29, 0.717) is 27.8 Å². The van der Waals surface area contributed by atoms with E-state index in [9.17, 15) is 21.4 Å². The SMILES string of the molecule is Nc1ccc(NNc2ccc(S(=O)(=O)O)cc2)c2ccc(S(=O)(=O)O)cc12. The topological polar surface area (TPSA) is 159 Å². The monoisotopic (exact) mass is 409 g/mol. The number of nitrogens with one attached hydrogen (secondary N) is 2. The van der Waals surface area contributed by atoms with E-state index in [4.69, 9.17) is 10.3 Å². The van der Waals surface area contributed by atoms with Crippen LogP contribution in [0, 0.1) is 0 Å². The molecule has 3 aromatic rings. The van der Waals surface area contributed by atoms with Gasteiger partial charge < -0.3 is 16.6 Å². The van der Waals surface area contributed by atoms with Crippen LogP contribution in [0.3, 0.4) is 0 Å². The van der Waals surface area contributed by atoms with Gasteiger partial charge in [0.05, 0.1) is 21.2 Å². The quantitative estimate of drug-likeness (QED) is 0.242. The zero-order chi connectivity index (χ0) is 19.8. The van der Waals surface area contributed by atoms with Crippen LogP contribution in [0.5, 0.6) is 0 Å². The lowest BCUT2D eigenvalue weighted by Crippen LogP contribution is -2.09. The summed E-state index contributed by atoms with van der Waals surface area (Å²) < 4.78 is 62.9. The van der Waals surface area contributed by atoms with Crippen LogP contribution < -0.4 is 16.6 Å². The molecule has 6 N–H and O–H groups in total. The molecule has 3 rings (SSSR count). The number of hydrogen-bond acceptors (Lipinski definition) is 7. The summed E-state index contributed by atoms with van der Waals surface area (Å²) in [4.78, 5) is -0.503. The molecule has 0 aliphatic rings. The molecule has 3 aromatic carbocycles. The van der Waals surface area contributed by atoms with Crippen molar-refractivity contribution in [1.82, 2.24) is 0 Å². The van der Waals surface area contributed by atoms with E-state index in [-0.39, 0.29) is 9.79 Å². The first-order valence-electron chi connectivity index (χ1n) is 7.45. The lowest BCUT2D eigenvalue weighted by molar-refractivity contribution is 0.481. The summed E-state index contributed by atoms with van der Waals surface area (Å²) in [5.41, 5.74) is 13.1. The molecule has 0 heterocycles. The average Bonchev–Trinajstić information content (AvgIpc) is 2.60. The highest BCUT2D eigenvalue weighted by Gasteiger charge is 2.13. The van der Waals surface area contributed by atoms with Crippen LogP contribution in [0.4, 0.5) is 17.1 Å². The van der Waals surface area contributed by atoms with Crippen LogP contribution in [0.15, 0.2) is 64.4 Å². The summed E-state index contributed by atoms with van der Waals surface area (Å²) >= 11 is 0. The van der Waals surface area contributed by atoms with Gasteiger partial charge in [-0.2, -0.15) is 16.8 Å². The van der Waals surface area contributed by atoms with Gasteiger partial charge in [-0.3, -0.25) is 9.11 Å². The van der Waals surface area contributed by atoms with Crippen molar-refractivity contribution in [3.05, 3.63) is 54.6 Å². The van der Waals surface area contributed by atoms with E-state index in [2.05, 4.69) is 10.9 Å². The van der Waals surface area contributed by atoms with E-state index in [1.54, 1.807) is 12.1 Å². The Bertz CT molecular complexity index is 1220. The molecular weight excluding hydrogens is 394 g/mol. The van der Waals surface area contributed by atoms with Crippen molar-refractivity contribution in [3.8, 4) is 0 Å². The number of hydrazine groups is 1. The van der Waals surface area contributed by atoms with Crippen LogP contribution in [0.1, 0.15) is 0 Å². The minimum absolute atomic E-state index is 0.233. The van der Waals surface area contributed by atoms with Gasteiger partial charge >= 0.3 is 0 Å². The molecule has 11 heteroatoms. The van der Waals surface area contributed by atoms with Crippen LogP contribution in [-0.2, 0) is 20.2 Å². The van der Waals surface area contributed by atoms with Gasteiger partial charge in [-0.05, 0) is 48.5 Å². The fraction of sp³-hybridized carbons (Fsp3) is 0. The maximum atomic E-state index is 11.3. The van der Waals surface area contributed by atoms with Gasteiger partial charge in [0.25, 0.3) is 20.2 Å². The fourth-order valence-electron chi connectivity index (χ4n) is 2.47. The van der Waals surface area contributed by atoms with Crippen molar-refractivity contribution in [2.45, 2.75) is 9.79 Å². The molecule has 0 saturated carbocycles. The molecule has 0 unspecified atom stereocenters. The Balaban J connectivity index is 1.90. The van der Waals surface area contributed by atoms with Gasteiger partial charge in [-0.25, -0.2) is 0 Å². The first kappa shape index (κ1) is 18.9. The zero-order valence-electron chi connectivity index (χ0n) is 13.6. The highest BCUT2D eigenvalue weighted by atomic mass is 32.2. The van der Waals surface area contributed by atoms with E-state index in [1.165, 1.54) is 42.5 Å². The van der Waals surface area contributed by atoms with Gasteiger partial charge in [0.2, 0.25) is 0 Å². The maximum absolute atomic E-state index is 11.3. The summed E-state index contributed by atoms with van der Waals surface area (Å²) in [6.07, 6.45) is 0. The Hall–Kier alpha value is -2.86. The lowest BCUT2D eigenvalue weighted by atomic mass is 10.1. The van der Waals surface area contributed by atoms with Crippen molar-refractivity contribution < 1.29 is 25.9 Å². The normalized spacial score (nSPS) is 12.1. The molecule has 0 fully saturated rings. The second kappa shape index (κ2) is 6.70. The second-order valence-electron chi connectivity index (χ2n) is 5.63. The summed E-state index contributed by atoms with van der Waals surface area (Å²) in [5.74, 6) is 0. The third-order valence-electron chi connectivity index (χ3n) is 3.81. The number of nitrogen functional groups attached to an aromatic ring is 1. The maximum Gasteiger partial charge on any atom is 0.294 e. The van der Waals surface area contributed by atoms with Crippen LogP contribution in [-0.4, -0.2) is 25.9 Å². The highest BCUT2D eigenvalue weighted by Crippen LogP contribution is 2.30. The molecule has 0 aliphatic heterocycles. The average molecular weight is 409 g/mol. The molecule has 0 saturated heterocycles. The van der Waals surface area contributed by atoms with Gasteiger partial charge in [-0.1, -0.05) is 6.07 Å². The van der Waals surface area contributed by atoms with Crippen LogP contribution in [0.25, 0.3) is 10.8 Å². The number of rotatable bonds is 5. The van der Waals surface area contributed by atoms with E-state index < -0.39 is 20.2 Å². The Morgan fingerprint density at radius 3 is 1.89 bits per heavy atom. The molecule has 0 aromatic heterocycles. The van der Waals surface area contributed by atoms with Gasteiger partial charge in [0, 0.05) is 16.5 Å².